The van der Waals surface area contributed by atoms with Crippen molar-refractivity contribution in [3.05, 3.63) is 78.4 Å². The third kappa shape index (κ3) is 6.02. The summed E-state index contributed by atoms with van der Waals surface area (Å²) in [6.07, 6.45) is 10.6. The molecule has 0 atom stereocenters. The summed E-state index contributed by atoms with van der Waals surface area (Å²) < 4.78 is 7.40. The maximum Gasteiger partial charge on any atom is 0.191 e. The van der Waals surface area contributed by atoms with Gasteiger partial charge in [0.15, 0.2) is 5.96 Å². The molecule has 174 valence electrons. The third-order valence-electron chi connectivity index (χ3n) is 6.76. The Morgan fingerprint density at radius 3 is 2.61 bits per heavy atom. The Morgan fingerprint density at radius 1 is 1.12 bits per heavy atom. The number of imidazole rings is 1. The van der Waals surface area contributed by atoms with E-state index < -0.39 is 0 Å². The Labute approximate surface area is 197 Å². The predicted octanol–water partition coefficient (Wildman–Crippen LogP) is 4.47. The summed E-state index contributed by atoms with van der Waals surface area (Å²) in [6, 6.07) is 17.4. The second-order valence-electron chi connectivity index (χ2n) is 8.96. The van der Waals surface area contributed by atoms with Crippen molar-refractivity contribution in [2.24, 2.45) is 10.4 Å². The average molecular weight is 446 g/mol. The van der Waals surface area contributed by atoms with Crippen LogP contribution in [-0.2, 0) is 17.8 Å². The lowest BCUT2D eigenvalue weighted by Gasteiger charge is -2.42. The Kier molecular flexibility index (Phi) is 7.79. The minimum Gasteiger partial charge on any atom is -0.385 e. The molecule has 0 bridgehead atoms. The van der Waals surface area contributed by atoms with E-state index in [1.807, 2.05) is 25.8 Å². The molecule has 0 spiro atoms. The molecule has 0 amide bonds. The molecule has 2 N–H and O–H groups in total. The van der Waals surface area contributed by atoms with Crippen LogP contribution in [0.3, 0.4) is 0 Å². The SMILES string of the molecule is CN=C(NCc1ccccc1-c1ccc(Cn2ccnc2)cc1)NCC1(CCOC)CCC1. The van der Waals surface area contributed by atoms with Gasteiger partial charge in [-0.3, -0.25) is 4.99 Å². The highest BCUT2D eigenvalue weighted by Crippen LogP contribution is 2.43. The zero-order valence-electron chi connectivity index (χ0n) is 19.8. The van der Waals surface area contributed by atoms with Gasteiger partial charge in [-0.2, -0.15) is 0 Å². The molecule has 1 saturated carbocycles. The highest BCUT2D eigenvalue weighted by atomic mass is 16.5. The summed E-state index contributed by atoms with van der Waals surface area (Å²) in [5.41, 5.74) is 5.32. The van der Waals surface area contributed by atoms with Crippen molar-refractivity contribution in [1.29, 1.82) is 0 Å². The lowest BCUT2D eigenvalue weighted by atomic mass is 9.67. The summed E-state index contributed by atoms with van der Waals surface area (Å²) >= 11 is 0. The van der Waals surface area contributed by atoms with Crippen LogP contribution in [0.1, 0.15) is 36.8 Å². The summed E-state index contributed by atoms with van der Waals surface area (Å²) in [4.78, 5) is 8.57. The van der Waals surface area contributed by atoms with Crippen molar-refractivity contribution in [3.8, 4) is 11.1 Å². The van der Waals surface area contributed by atoms with E-state index in [1.165, 1.54) is 41.5 Å². The molecule has 1 fully saturated rings. The van der Waals surface area contributed by atoms with Crippen LogP contribution in [0.4, 0.5) is 0 Å². The number of aliphatic imine (C=N–C) groups is 1. The number of hydrogen-bond acceptors (Lipinski definition) is 3. The fourth-order valence-corrected chi connectivity index (χ4v) is 4.52. The van der Waals surface area contributed by atoms with E-state index in [4.69, 9.17) is 4.74 Å². The number of rotatable bonds is 10. The molecule has 1 aromatic heterocycles. The lowest BCUT2D eigenvalue weighted by Crippen LogP contribution is -2.46. The van der Waals surface area contributed by atoms with Gasteiger partial charge in [-0.25, -0.2) is 4.98 Å². The summed E-state index contributed by atoms with van der Waals surface area (Å²) in [5.74, 6) is 0.851. The normalized spacial score (nSPS) is 15.2. The van der Waals surface area contributed by atoms with Crippen molar-refractivity contribution >= 4 is 5.96 Å². The second-order valence-corrected chi connectivity index (χ2v) is 8.96. The highest BCUT2D eigenvalue weighted by Gasteiger charge is 2.36. The standard InChI is InChI=1S/C27H35N5O/c1-28-26(31-20-27(12-5-13-27)14-17-33-2)30-18-24-6-3-4-7-25(24)23-10-8-22(9-11-23)19-32-16-15-29-21-32/h3-4,6-11,15-16,21H,5,12-14,17-20H2,1-2H3,(H2,28,30,31). The van der Waals surface area contributed by atoms with Gasteiger partial charge in [0, 0.05) is 52.8 Å². The minimum atomic E-state index is 0.351. The van der Waals surface area contributed by atoms with Crippen LogP contribution < -0.4 is 10.6 Å². The van der Waals surface area contributed by atoms with E-state index in [0.717, 1.165) is 38.6 Å². The number of nitrogens with zero attached hydrogens (tertiary/aromatic N) is 3. The third-order valence-corrected chi connectivity index (χ3v) is 6.76. The molecular formula is C27H35N5O. The van der Waals surface area contributed by atoms with Crippen LogP contribution in [-0.4, -0.2) is 42.8 Å². The molecule has 33 heavy (non-hydrogen) atoms. The largest absolute Gasteiger partial charge is 0.385 e. The van der Waals surface area contributed by atoms with Gasteiger partial charge in [0.1, 0.15) is 0 Å². The monoisotopic (exact) mass is 445 g/mol. The quantitative estimate of drug-likeness (QED) is 0.357. The minimum absolute atomic E-state index is 0.351. The Hall–Kier alpha value is -3.12. The van der Waals surface area contributed by atoms with Crippen molar-refractivity contribution < 1.29 is 4.74 Å². The van der Waals surface area contributed by atoms with E-state index in [1.54, 1.807) is 7.11 Å². The molecule has 1 aliphatic carbocycles. The first kappa shape index (κ1) is 23.1. The van der Waals surface area contributed by atoms with Crippen LogP contribution >= 0.6 is 0 Å². The van der Waals surface area contributed by atoms with Gasteiger partial charge in [-0.05, 0) is 46.9 Å². The number of benzene rings is 2. The van der Waals surface area contributed by atoms with Crippen molar-refractivity contribution in [1.82, 2.24) is 20.2 Å². The first-order valence-corrected chi connectivity index (χ1v) is 11.8. The summed E-state index contributed by atoms with van der Waals surface area (Å²) in [7, 11) is 3.62. The maximum absolute atomic E-state index is 5.32. The van der Waals surface area contributed by atoms with E-state index in [2.05, 4.69) is 73.7 Å². The molecule has 4 rings (SSSR count). The first-order chi connectivity index (χ1) is 16.2. The molecule has 2 aromatic carbocycles. The van der Waals surface area contributed by atoms with Gasteiger partial charge < -0.3 is 19.9 Å². The predicted molar refractivity (Wildman–Crippen MR) is 134 cm³/mol. The van der Waals surface area contributed by atoms with Crippen LogP contribution in [0.15, 0.2) is 72.2 Å². The van der Waals surface area contributed by atoms with E-state index in [-0.39, 0.29) is 0 Å². The molecule has 3 aromatic rings. The van der Waals surface area contributed by atoms with Crippen molar-refractivity contribution in [2.45, 2.75) is 38.8 Å². The Morgan fingerprint density at radius 2 is 1.94 bits per heavy atom. The van der Waals surface area contributed by atoms with Gasteiger partial charge >= 0.3 is 0 Å². The van der Waals surface area contributed by atoms with E-state index in [9.17, 15) is 0 Å². The number of methoxy groups -OCH3 is 1. The van der Waals surface area contributed by atoms with Crippen LogP contribution in [0, 0.1) is 5.41 Å². The zero-order chi connectivity index (χ0) is 22.9. The number of guanidine groups is 1. The molecule has 6 nitrogen and oxygen atoms in total. The first-order valence-electron chi connectivity index (χ1n) is 11.8. The molecule has 6 heteroatoms. The smallest absolute Gasteiger partial charge is 0.191 e. The maximum atomic E-state index is 5.32. The molecule has 0 radical (unpaired) electrons. The van der Waals surface area contributed by atoms with Gasteiger partial charge in [0.25, 0.3) is 0 Å². The molecule has 0 unspecified atom stereocenters. The number of hydrogen-bond donors (Lipinski definition) is 2. The molecule has 0 saturated heterocycles. The van der Waals surface area contributed by atoms with Crippen molar-refractivity contribution in [2.75, 3.05) is 27.3 Å². The van der Waals surface area contributed by atoms with Gasteiger partial charge in [-0.15, -0.1) is 0 Å². The molecule has 0 aliphatic heterocycles. The fraction of sp³-hybridized carbons (Fsp3) is 0.407. The van der Waals surface area contributed by atoms with Gasteiger partial charge in [-0.1, -0.05) is 55.0 Å². The highest BCUT2D eigenvalue weighted by molar-refractivity contribution is 5.80. The van der Waals surface area contributed by atoms with E-state index >= 15 is 0 Å². The van der Waals surface area contributed by atoms with Crippen LogP contribution in [0.2, 0.25) is 0 Å². The topological polar surface area (TPSA) is 63.5 Å². The number of aromatic nitrogens is 2. The van der Waals surface area contributed by atoms with Crippen LogP contribution in [0.5, 0.6) is 0 Å². The molecule has 1 heterocycles. The molecular weight excluding hydrogens is 410 g/mol. The summed E-state index contributed by atoms with van der Waals surface area (Å²) in [6.45, 7) is 3.31. The second kappa shape index (κ2) is 11.1. The van der Waals surface area contributed by atoms with Gasteiger partial charge in [0.05, 0.1) is 6.33 Å². The number of nitrogens with one attached hydrogen (secondary N) is 2. The molecule has 1 aliphatic rings. The van der Waals surface area contributed by atoms with E-state index in [0.29, 0.717) is 5.41 Å². The Balaban J connectivity index is 1.37. The average Bonchev–Trinajstić information content (AvgIpc) is 3.34. The van der Waals surface area contributed by atoms with Crippen molar-refractivity contribution in [3.63, 3.8) is 0 Å². The number of ether oxygens (including phenoxy) is 1. The summed E-state index contributed by atoms with van der Waals surface area (Å²) in [5, 5.41) is 7.07. The Bertz CT molecular complexity index is 1020. The zero-order valence-corrected chi connectivity index (χ0v) is 19.8. The lowest BCUT2D eigenvalue weighted by molar-refractivity contribution is 0.0732. The van der Waals surface area contributed by atoms with Crippen LogP contribution in [0.25, 0.3) is 11.1 Å². The van der Waals surface area contributed by atoms with Gasteiger partial charge in [0.2, 0.25) is 0 Å². The fourth-order valence-electron chi connectivity index (χ4n) is 4.52.